The van der Waals surface area contributed by atoms with E-state index in [2.05, 4.69) is 76.7 Å². The zero-order valence-corrected chi connectivity index (χ0v) is 21.4. The van der Waals surface area contributed by atoms with Gasteiger partial charge in [-0.25, -0.2) is 12.2 Å². The van der Waals surface area contributed by atoms with E-state index in [1.54, 1.807) is 42.3 Å². The SMILES string of the molecule is C(C=Cc1ccccc1)=Cc1ccccc1.C[N-]C.C[N-]C.C[N-]C.[C-]1=CC=CC1.[Ti+4]. The van der Waals surface area contributed by atoms with Crippen LogP contribution < -0.4 is 0 Å². The molecular formula is C27H37N3Ti. The summed E-state index contributed by atoms with van der Waals surface area (Å²) in [6.45, 7) is 0. The van der Waals surface area contributed by atoms with Gasteiger partial charge in [-0.1, -0.05) is 85.0 Å². The average Bonchev–Trinajstić information content (AvgIpc) is 3.35. The summed E-state index contributed by atoms with van der Waals surface area (Å²) >= 11 is 0. The van der Waals surface area contributed by atoms with Crippen molar-refractivity contribution in [3.05, 3.63) is 124 Å². The van der Waals surface area contributed by atoms with Crippen LogP contribution >= 0.6 is 0 Å². The summed E-state index contributed by atoms with van der Waals surface area (Å²) in [5.74, 6) is 0. The Morgan fingerprint density at radius 2 is 1.00 bits per heavy atom. The van der Waals surface area contributed by atoms with Crippen molar-refractivity contribution >= 4 is 12.2 Å². The largest absolute Gasteiger partial charge is 4.00 e. The molecule has 0 unspecified atom stereocenters. The van der Waals surface area contributed by atoms with E-state index in [4.69, 9.17) is 0 Å². The first-order valence-electron chi connectivity index (χ1n) is 9.80. The second-order valence-corrected chi connectivity index (χ2v) is 5.88. The molecule has 0 amide bonds. The molecule has 0 saturated carbocycles. The van der Waals surface area contributed by atoms with Crippen LogP contribution in [-0.2, 0) is 21.7 Å². The van der Waals surface area contributed by atoms with Gasteiger partial charge >= 0.3 is 21.7 Å². The monoisotopic (exact) mass is 451 g/mol. The molecule has 0 aliphatic heterocycles. The smallest absolute Gasteiger partial charge is 0.668 e. The maximum atomic E-state index is 3.50. The summed E-state index contributed by atoms with van der Waals surface area (Å²) in [5, 5.41) is 10.5. The van der Waals surface area contributed by atoms with Crippen LogP contribution in [0, 0.1) is 6.08 Å². The van der Waals surface area contributed by atoms with Crippen LogP contribution in [0.4, 0.5) is 0 Å². The molecule has 4 heteroatoms. The molecule has 164 valence electrons. The van der Waals surface area contributed by atoms with Gasteiger partial charge in [-0.05, 0) is 11.1 Å². The maximum absolute atomic E-state index is 3.50. The molecule has 0 N–H and O–H groups in total. The first kappa shape index (κ1) is 33.6. The van der Waals surface area contributed by atoms with Crippen LogP contribution in [0.25, 0.3) is 28.1 Å². The van der Waals surface area contributed by atoms with Crippen LogP contribution in [0.5, 0.6) is 0 Å². The van der Waals surface area contributed by atoms with Crippen molar-refractivity contribution in [1.29, 1.82) is 0 Å². The van der Waals surface area contributed by atoms with Gasteiger partial charge in [-0.3, -0.25) is 6.08 Å². The molecule has 3 rings (SSSR count). The molecule has 0 spiro atoms. The van der Waals surface area contributed by atoms with E-state index in [9.17, 15) is 0 Å². The number of hydrogen-bond donors (Lipinski definition) is 0. The van der Waals surface area contributed by atoms with Gasteiger partial charge in [-0.2, -0.15) is 48.4 Å². The minimum absolute atomic E-state index is 0. The minimum atomic E-state index is 0. The van der Waals surface area contributed by atoms with Gasteiger partial charge in [-0.15, -0.1) is 6.42 Å². The van der Waals surface area contributed by atoms with E-state index in [1.165, 1.54) is 11.1 Å². The molecule has 3 nitrogen and oxygen atoms in total. The van der Waals surface area contributed by atoms with E-state index in [0.717, 1.165) is 6.42 Å². The quantitative estimate of drug-likeness (QED) is 0.262. The molecule has 0 saturated heterocycles. The maximum Gasteiger partial charge on any atom is 4.00 e. The fourth-order valence-corrected chi connectivity index (χ4v) is 1.80. The number of allylic oxidation sites excluding steroid dienone is 6. The Bertz CT molecular complexity index is 616. The Hall–Kier alpha value is -2.01. The second-order valence-electron chi connectivity index (χ2n) is 5.88. The number of nitrogens with zero attached hydrogens (tertiary/aromatic N) is 3. The molecule has 2 aromatic carbocycles. The summed E-state index contributed by atoms with van der Waals surface area (Å²) in [7, 11) is 10.5. The summed E-state index contributed by atoms with van der Waals surface area (Å²) in [4.78, 5) is 0. The molecule has 0 atom stereocenters. The Balaban J connectivity index is -0.000000431. The third-order valence-corrected chi connectivity index (χ3v) is 2.87. The summed E-state index contributed by atoms with van der Waals surface area (Å²) < 4.78 is 0. The van der Waals surface area contributed by atoms with E-state index in [1.807, 2.05) is 48.6 Å². The van der Waals surface area contributed by atoms with Gasteiger partial charge in [0.1, 0.15) is 0 Å². The van der Waals surface area contributed by atoms with E-state index in [0.29, 0.717) is 0 Å². The Morgan fingerprint density at radius 3 is 1.23 bits per heavy atom. The van der Waals surface area contributed by atoms with Crippen molar-refractivity contribution < 1.29 is 21.7 Å². The number of benzene rings is 2. The van der Waals surface area contributed by atoms with Crippen LogP contribution in [0.15, 0.2) is 91.0 Å². The van der Waals surface area contributed by atoms with E-state index >= 15 is 0 Å². The second kappa shape index (κ2) is 30.2. The topological polar surface area (TPSA) is 42.3 Å². The van der Waals surface area contributed by atoms with E-state index in [-0.39, 0.29) is 21.7 Å². The zero-order valence-electron chi connectivity index (χ0n) is 19.9. The average molecular weight is 451 g/mol. The number of hydrogen-bond acceptors (Lipinski definition) is 0. The fraction of sp³-hybridized carbons (Fsp3) is 0.259. The van der Waals surface area contributed by atoms with Gasteiger partial charge in [0, 0.05) is 0 Å². The van der Waals surface area contributed by atoms with Gasteiger partial charge < -0.3 is 16.0 Å². The summed E-state index contributed by atoms with van der Waals surface area (Å²) in [5.41, 5.74) is 2.44. The van der Waals surface area contributed by atoms with Crippen molar-refractivity contribution in [2.75, 3.05) is 42.3 Å². The van der Waals surface area contributed by atoms with Gasteiger partial charge in [0.25, 0.3) is 0 Å². The zero-order chi connectivity index (χ0) is 22.7. The van der Waals surface area contributed by atoms with Crippen molar-refractivity contribution in [3.8, 4) is 0 Å². The first-order chi connectivity index (χ1) is 14.7. The third-order valence-electron chi connectivity index (χ3n) is 2.87. The predicted octanol–water partition coefficient (Wildman–Crippen LogP) is 7.58. The molecule has 1 aliphatic carbocycles. The molecular weight excluding hydrogens is 414 g/mol. The van der Waals surface area contributed by atoms with Crippen molar-refractivity contribution in [3.63, 3.8) is 0 Å². The van der Waals surface area contributed by atoms with E-state index < -0.39 is 0 Å². The molecule has 2 aromatic rings. The van der Waals surface area contributed by atoms with Crippen LogP contribution in [-0.4, -0.2) is 42.3 Å². The van der Waals surface area contributed by atoms with Crippen LogP contribution in [0.1, 0.15) is 17.5 Å². The summed E-state index contributed by atoms with van der Waals surface area (Å²) in [6.07, 6.45) is 18.3. The first-order valence-corrected chi connectivity index (χ1v) is 9.80. The Labute approximate surface area is 206 Å². The molecule has 0 radical (unpaired) electrons. The standard InChI is InChI=1S/C16H14.C5H5.3C2H6N.Ti/c1-3-9-15(10-4-1)13-7-8-14-16-11-5-2-6-12-16;1-2-4-5-3-1;3*1-3-2;/h1-14H;1-3H,4H2;3*1-2H3;/q;4*-1;+4. The predicted molar refractivity (Wildman–Crippen MR) is 138 cm³/mol. The van der Waals surface area contributed by atoms with Gasteiger partial charge in [0.05, 0.1) is 0 Å². The molecule has 0 aromatic heterocycles. The summed E-state index contributed by atoms with van der Waals surface area (Å²) in [6, 6.07) is 20.6. The molecule has 31 heavy (non-hydrogen) atoms. The van der Waals surface area contributed by atoms with Gasteiger partial charge in [0.2, 0.25) is 0 Å². The third kappa shape index (κ3) is 28.0. The molecule has 1 aliphatic rings. The van der Waals surface area contributed by atoms with Crippen molar-refractivity contribution in [2.45, 2.75) is 6.42 Å². The van der Waals surface area contributed by atoms with Crippen LogP contribution in [0.2, 0.25) is 0 Å². The fourth-order valence-electron chi connectivity index (χ4n) is 1.80. The Kier molecular flexibility index (Phi) is 32.7. The number of rotatable bonds is 3. The van der Waals surface area contributed by atoms with Gasteiger partial charge in [0.15, 0.2) is 0 Å². The molecule has 0 fully saturated rings. The molecule has 0 bridgehead atoms. The van der Waals surface area contributed by atoms with Crippen molar-refractivity contribution in [1.82, 2.24) is 0 Å². The Morgan fingerprint density at radius 1 is 0.645 bits per heavy atom. The molecule has 0 heterocycles. The van der Waals surface area contributed by atoms with Crippen molar-refractivity contribution in [2.24, 2.45) is 0 Å². The minimum Gasteiger partial charge on any atom is -0.668 e. The van der Waals surface area contributed by atoms with Crippen LogP contribution in [0.3, 0.4) is 0 Å². The normalized spacial score (nSPS) is 10.4.